The highest BCUT2D eigenvalue weighted by Gasteiger charge is 2.15. The van der Waals surface area contributed by atoms with Crippen molar-refractivity contribution < 1.29 is 18.7 Å². The second-order valence-electron chi connectivity index (χ2n) is 6.88. The fourth-order valence-electron chi connectivity index (χ4n) is 2.95. The molecule has 12 heteroatoms. The number of nitrogens with one attached hydrogen (secondary N) is 1. The fourth-order valence-corrected chi connectivity index (χ4v) is 3.08. The Labute approximate surface area is 198 Å². The standard InChI is InChI=1S/C22H18ClFN6O4/c1-13-6-15(12-33-2)17(8-25)21(32)30(13)11-19(31)29-27-9-14-4-3-5-16(7-14)34-20-18(24)10-26-22(23)28-20/h3-7,9-10H,11-12H2,1-2H3,(H,29,31)/b27-9+. The predicted molar refractivity (Wildman–Crippen MR) is 120 cm³/mol. The zero-order valence-corrected chi connectivity index (χ0v) is 18.8. The molecule has 0 spiro atoms. The van der Waals surface area contributed by atoms with Crippen LogP contribution in [0.15, 0.2) is 46.4 Å². The summed E-state index contributed by atoms with van der Waals surface area (Å²) in [6.07, 6.45) is 2.23. The van der Waals surface area contributed by atoms with E-state index in [-0.39, 0.29) is 35.6 Å². The number of ether oxygens (including phenoxy) is 2. The van der Waals surface area contributed by atoms with E-state index in [1.54, 1.807) is 31.2 Å². The Kier molecular flexibility index (Phi) is 8.02. The van der Waals surface area contributed by atoms with E-state index in [1.807, 2.05) is 6.07 Å². The molecule has 0 aliphatic rings. The first-order chi connectivity index (χ1) is 16.3. The normalized spacial score (nSPS) is 10.8. The molecule has 2 heterocycles. The van der Waals surface area contributed by atoms with Gasteiger partial charge in [0.1, 0.15) is 23.9 Å². The van der Waals surface area contributed by atoms with Crippen LogP contribution in [0.4, 0.5) is 4.39 Å². The number of halogens is 2. The van der Waals surface area contributed by atoms with E-state index in [2.05, 4.69) is 20.5 Å². The highest BCUT2D eigenvalue weighted by atomic mass is 35.5. The molecular weight excluding hydrogens is 467 g/mol. The van der Waals surface area contributed by atoms with Gasteiger partial charge >= 0.3 is 0 Å². The number of carbonyl (C=O) groups is 1. The van der Waals surface area contributed by atoms with Gasteiger partial charge in [-0.15, -0.1) is 0 Å². The lowest BCUT2D eigenvalue weighted by atomic mass is 10.1. The first-order valence-electron chi connectivity index (χ1n) is 9.72. The van der Waals surface area contributed by atoms with Crippen LogP contribution in [0.3, 0.4) is 0 Å². The average Bonchev–Trinajstić information content (AvgIpc) is 2.80. The molecule has 174 valence electrons. The molecule has 1 amide bonds. The van der Waals surface area contributed by atoms with Gasteiger partial charge in [-0.1, -0.05) is 12.1 Å². The Morgan fingerprint density at radius 2 is 2.21 bits per heavy atom. The molecule has 2 aromatic heterocycles. The van der Waals surface area contributed by atoms with Crippen LogP contribution in [-0.2, 0) is 22.7 Å². The minimum atomic E-state index is -0.781. The number of benzene rings is 1. The van der Waals surface area contributed by atoms with Gasteiger partial charge in [0.25, 0.3) is 17.3 Å². The summed E-state index contributed by atoms with van der Waals surface area (Å²) in [5.41, 5.74) is 3.13. The summed E-state index contributed by atoms with van der Waals surface area (Å²) < 4.78 is 25.3. The van der Waals surface area contributed by atoms with Crippen molar-refractivity contribution in [3.05, 3.63) is 80.4 Å². The number of amides is 1. The zero-order valence-electron chi connectivity index (χ0n) is 18.1. The van der Waals surface area contributed by atoms with Gasteiger partial charge in [0, 0.05) is 18.4 Å². The summed E-state index contributed by atoms with van der Waals surface area (Å²) in [5.74, 6) is -1.44. The molecule has 10 nitrogen and oxygen atoms in total. The minimum absolute atomic E-state index is 0.0815. The van der Waals surface area contributed by atoms with Crippen LogP contribution in [0.25, 0.3) is 0 Å². The van der Waals surface area contributed by atoms with E-state index < -0.39 is 17.3 Å². The topological polar surface area (TPSA) is 131 Å². The predicted octanol–water partition coefficient (Wildman–Crippen LogP) is 2.70. The second kappa shape index (κ2) is 11.1. The van der Waals surface area contributed by atoms with Crippen LogP contribution in [0.5, 0.6) is 11.6 Å². The van der Waals surface area contributed by atoms with Gasteiger partial charge in [0.05, 0.1) is 19.0 Å². The van der Waals surface area contributed by atoms with Crippen molar-refractivity contribution in [1.29, 1.82) is 5.26 Å². The second-order valence-corrected chi connectivity index (χ2v) is 7.22. The molecule has 34 heavy (non-hydrogen) atoms. The van der Waals surface area contributed by atoms with Gasteiger partial charge in [0.2, 0.25) is 11.1 Å². The first kappa shape index (κ1) is 24.5. The van der Waals surface area contributed by atoms with Crippen molar-refractivity contribution in [2.45, 2.75) is 20.1 Å². The van der Waals surface area contributed by atoms with Gasteiger partial charge in [-0.2, -0.15) is 19.7 Å². The van der Waals surface area contributed by atoms with Crippen LogP contribution < -0.4 is 15.7 Å². The average molecular weight is 485 g/mol. The fraction of sp³-hybridized carbons (Fsp3) is 0.182. The van der Waals surface area contributed by atoms with Crippen molar-refractivity contribution >= 4 is 23.7 Å². The van der Waals surface area contributed by atoms with E-state index in [1.165, 1.54) is 24.0 Å². The molecule has 0 fully saturated rings. The summed E-state index contributed by atoms with van der Waals surface area (Å²) in [6, 6.07) is 9.89. The molecule has 0 atom stereocenters. The van der Waals surface area contributed by atoms with Gasteiger partial charge in [-0.3, -0.25) is 9.59 Å². The molecule has 0 aliphatic carbocycles. The Hall–Kier alpha value is -4.14. The van der Waals surface area contributed by atoms with E-state index in [0.29, 0.717) is 16.8 Å². The van der Waals surface area contributed by atoms with Crippen molar-refractivity contribution in [1.82, 2.24) is 20.0 Å². The lowest BCUT2D eigenvalue weighted by molar-refractivity contribution is -0.121. The zero-order chi connectivity index (χ0) is 24.7. The Bertz CT molecular complexity index is 1350. The summed E-state index contributed by atoms with van der Waals surface area (Å²) in [4.78, 5) is 32.1. The number of hydrogen-bond acceptors (Lipinski definition) is 8. The molecule has 0 aliphatic heterocycles. The highest BCUT2D eigenvalue weighted by molar-refractivity contribution is 6.28. The number of nitriles is 1. The lowest BCUT2D eigenvalue weighted by Crippen LogP contribution is -2.33. The number of rotatable bonds is 8. The maximum Gasteiger partial charge on any atom is 0.269 e. The van der Waals surface area contributed by atoms with Crippen molar-refractivity contribution in [2.24, 2.45) is 5.10 Å². The Balaban J connectivity index is 1.68. The lowest BCUT2D eigenvalue weighted by Gasteiger charge is -2.12. The van der Waals surface area contributed by atoms with Crippen LogP contribution in [0.1, 0.15) is 22.4 Å². The number of aryl methyl sites for hydroxylation is 1. The number of pyridine rings is 1. The molecule has 0 radical (unpaired) electrons. The Morgan fingerprint density at radius 1 is 1.41 bits per heavy atom. The third-order valence-corrected chi connectivity index (χ3v) is 4.64. The quantitative estimate of drug-likeness (QED) is 0.295. The summed E-state index contributed by atoms with van der Waals surface area (Å²) in [5, 5.41) is 13.0. The Morgan fingerprint density at radius 3 is 2.94 bits per heavy atom. The smallest absolute Gasteiger partial charge is 0.269 e. The molecular formula is C22H18ClFN6O4. The van der Waals surface area contributed by atoms with E-state index in [0.717, 1.165) is 6.20 Å². The summed E-state index contributed by atoms with van der Waals surface area (Å²) >= 11 is 5.66. The van der Waals surface area contributed by atoms with E-state index >= 15 is 0 Å². The van der Waals surface area contributed by atoms with Crippen molar-refractivity contribution in [3.63, 3.8) is 0 Å². The van der Waals surface area contributed by atoms with Crippen molar-refractivity contribution in [2.75, 3.05) is 7.11 Å². The maximum atomic E-state index is 13.8. The number of hydrazone groups is 1. The third-order valence-electron chi connectivity index (χ3n) is 4.46. The number of methoxy groups -OCH3 is 1. The molecule has 3 rings (SSSR count). The molecule has 0 saturated carbocycles. The highest BCUT2D eigenvalue weighted by Crippen LogP contribution is 2.23. The van der Waals surface area contributed by atoms with Crippen LogP contribution in [-0.4, -0.2) is 33.8 Å². The van der Waals surface area contributed by atoms with E-state index in [9.17, 15) is 19.2 Å². The van der Waals surface area contributed by atoms with Crippen molar-refractivity contribution in [3.8, 4) is 17.7 Å². The first-order valence-corrected chi connectivity index (χ1v) is 10.1. The number of aromatic nitrogens is 3. The maximum absolute atomic E-state index is 13.8. The summed E-state index contributed by atoms with van der Waals surface area (Å²) in [6.45, 7) is 1.42. The molecule has 1 aromatic carbocycles. The van der Waals surface area contributed by atoms with Gasteiger partial charge in [-0.25, -0.2) is 10.4 Å². The monoisotopic (exact) mass is 484 g/mol. The SMILES string of the molecule is COCc1cc(C)n(CC(=O)N/N=C/c2cccc(Oc3nc(Cl)ncc3F)c2)c(=O)c1C#N. The third kappa shape index (κ3) is 6.00. The van der Waals surface area contributed by atoms with Gasteiger partial charge in [-0.05, 0) is 42.3 Å². The van der Waals surface area contributed by atoms with Gasteiger partial charge in [0.15, 0.2) is 0 Å². The number of carbonyl (C=O) groups excluding carboxylic acids is 1. The van der Waals surface area contributed by atoms with Crippen LogP contribution in [0, 0.1) is 24.1 Å². The molecule has 0 saturated heterocycles. The van der Waals surface area contributed by atoms with E-state index in [4.69, 9.17) is 21.1 Å². The summed E-state index contributed by atoms with van der Waals surface area (Å²) in [7, 11) is 1.46. The minimum Gasteiger partial charge on any atom is -0.436 e. The molecule has 1 N–H and O–H groups in total. The van der Waals surface area contributed by atoms with Crippen LogP contribution in [0.2, 0.25) is 5.28 Å². The molecule has 0 bridgehead atoms. The molecule has 3 aromatic rings. The largest absolute Gasteiger partial charge is 0.436 e. The number of hydrogen-bond donors (Lipinski definition) is 1. The van der Waals surface area contributed by atoms with Crippen LogP contribution >= 0.6 is 11.6 Å². The van der Waals surface area contributed by atoms with Gasteiger partial charge < -0.3 is 14.0 Å². The number of nitrogens with zero attached hydrogens (tertiary/aromatic N) is 5. The molecule has 0 unspecified atom stereocenters.